The van der Waals surface area contributed by atoms with Crippen molar-refractivity contribution in [2.75, 3.05) is 13.2 Å². The van der Waals surface area contributed by atoms with Gasteiger partial charge in [-0.25, -0.2) is 0 Å². The van der Waals surface area contributed by atoms with Gasteiger partial charge in [0.1, 0.15) is 0 Å². The standard InChI is InChI=1S/C6H12O3/c1-5(2)6(8)9-4-3-7/h6-8H,1,3-4H2,2H3/t6-/m1/s1. The maximum atomic E-state index is 8.82. The molecule has 0 aliphatic rings. The molecule has 2 N–H and O–H groups in total. The Balaban J connectivity index is 3.27. The number of rotatable bonds is 4. The third-order valence-electron chi connectivity index (χ3n) is 0.789. The summed E-state index contributed by atoms with van der Waals surface area (Å²) in [5, 5.41) is 17.1. The molecular weight excluding hydrogens is 120 g/mol. The van der Waals surface area contributed by atoms with E-state index in [0.29, 0.717) is 5.57 Å². The van der Waals surface area contributed by atoms with Crippen molar-refractivity contribution in [2.24, 2.45) is 0 Å². The second kappa shape index (κ2) is 4.49. The molecule has 0 saturated carbocycles. The number of hydrogen-bond acceptors (Lipinski definition) is 3. The lowest BCUT2D eigenvalue weighted by atomic mass is 10.3. The first kappa shape index (κ1) is 8.62. The maximum Gasteiger partial charge on any atom is 0.176 e. The fraction of sp³-hybridized carbons (Fsp3) is 0.667. The zero-order valence-electron chi connectivity index (χ0n) is 5.50. The minimum atomic E-state index is -0.933. The molecule has 0 heterocycles. The third-order valence-corrected chi connectivity index (χ3v) is 0.789. The van der Waals surface area contributed by atoms with Crippen LogP contribution in [-0.2, 0) is 4.74 Å². The Morgan fingerprint density at radius 2 is 2.33 bits per heavy atom. The van der Waals surface area contributed by atoms with Crippen LogP contribution in [0.3, 0.4) is 0 Å². The van der Waals surface area contributed by atoms with Gasteiger partial charge >= 0.3 is 0 Å². The minimum absolute atomic E-state index is 0.0790. The van der Waals surface area contributed by atoms with E-state index < -0.39 is 6.29 Å². The van der Waals surface area contributed by atoms with Gasteiger partial charge in [0.05, 0.1) is 13.2 Å². The van der Waals surface area contributed by atoms with Crippen LogP contribution < -0.4 is 0 Å². The lowest BCUT2D eigenvalue weighted by Crippen LogP contribution is -2.14. The fourth-order valence-electron chi connectivity index (χ4n) is 0.307. The first-order chi connectivity index (χ1) is 4.18. The van der Waals surface area contributed by atoms with Crippen LogP contribution in [0.1, 0.15) is 6.92 Å². The summed E-state index contributed by atoms with van der Waals surface area (Å²) in [5.41, 5.74) is 0.545. The van der Waals surface area contributed by atoms with Gasteiger partial charge in [-0.1, -0.05) is 6.58 Å². The highest BCUT2D eigenvalue weighted by molar-refractivity contribution is 4.91. The van der Waals surface area contributed by atoms with E-state index in [1.165, 1.54) is 0 Å². The van der Waals surface area contributed by atoms with Gasteiger partial charge in [0, 0.05) is 0 Å². The van der Waals surface area contributed by atoms with Crippen molar-refractivity contribution in [3.63, 3.8) is 0 Å². The third kappa shape index (κ3) is 4.14. The molecule has 0 amide bonds. The van der Waals surface area contributed by atoms with E-state index in [2.05, 4.69) is 11.3 Å². The number of aliphatic hydroxyl groups is 2. The quantitative estimate of drug-likeness (QED) is 0.414. The minimum Gasteiger partial charge on any atom is -0.394 e. The Morgan fingerprint density at radius 1 is 1.78 bits per heavy atom. The van der Waals surface area contributed by atoms with Crippen molar-refractivity contribution in [3.05, 3.63) is 12.2 Å². The van der Waals surface area contributed by atoms with E-state index >= 15 is 0 Å². The van der Waals surface area contributed by atoms with Crippen molar-refractivity contribution < 1.29 is 14.9 Å². The summed E-state index contributed by atoms with van der Waals surface area (Å²) in [4.78, 5) is 0. The Bertz CT molecular complexity index is 90.3. The molecule has 1 atom stereocenters. The molecule has 0 unspecified atom stereocenters. The van der Waals surface area contributed by atoms with Gasteiger partial charge in [-0.05, 0) is 12.5 Å². The summed E-state index contributed by atoms with van der Waals surface area (Å²) < 4.78 is 4.66. The fourth-order valence-corrected chi connectivity index (χ4v) is 0.307. The van der Waals surface area contributed by atoms with Crippen molar-refractivity contribution in [3.8, 4) is 0 Å². The Kier molecular flexibility index (Phi) is 4.30. The summed E-state index contributed by atoms with van der Waals surface area (Å²) in [6, 6.07) is 0. The van der Waals surface area contributed by atoms with Crippen LogP contribution in [0.2, 0.25) is 0 Å². The van der Waals surface area contributed by atoms with Gasteiger partial charge in [0.25, 0.3) is 0 Å². The Labute approximate surface area is 54.6 Å². The van der Waals surface area contributed by atoms with Crippen molar-refractivity contribution in [1.82, 2.24) is 0 Å². The molecule has 0 fully saturated rings. The summed E-state index contributed by atoms with van der Waals surface area (Å²) in [7, 11) is 0. The van der Waals surface area contributed by atoms with Crippen LogP contribution in [0.4, 0.5) is 0 Å². The number of ether oxygens (including phenoxy) is 1. The van der Waals surface area contributed by atoms with E-state index in [4.69, 9.17) is 10.2 Å². The van der Waals surface area contributed by atoms with Crippen LogP contribution in [0.15, 0.2) is 12.2 Å². The first-order valence-corrected chi connectivity index (χ1v) is 2.74. The van der Waals surface area contributed by atoms with E-state index in [1.54, 1.807) is 6.92 Å². The summed E-state index contributed by atoms with van der Waals surface area (Å²) in [6.45, 7) is 5.17. The maximum absolute atomic E-state index is 8.82. The van der Waals surface area contributed by atoms with Gasteiger partial charge in [0.15, 0.2) is 6.29 Å². The molecule has 0 spiro atoms. The van der Waals surface area contributed by atoms with Crippen LogP contribution in [0.25, 0.3) is 0 Å². The van der Waals surface area contributed by atoms with E-state index in [-0.39, 0.29) is 13.2 Å². The van der Waals surface area contributed by atoms with Gasteiger partial charge in [-0.15, -0.1) is 0 Å². The van der Waals surface area contributed by atoms with E-state index in [1.807, 2.05) is 0 Å². The average Bonchev–Trinajstić information content (AvgIpc) is 1.82. The largest absolute Gasteiger partial charge is 0.394 e. The predicted molar refractivity (Wildman–Crippen MR) is 33.9 cm³/mol. The highest BCUT2D eigenvalue weighted by Crippen LogP contribution is 1.97. The van der Waals surface area contributed by atoms with Gasteiger partial charge in [-0.2, -0.15) is 0 Å². The molecule has 3 nitrogen and oxygen atoms in total. The summed E-state index contributed by atoms with van der Waals surface area (Å²) in [5.74, 6) is 0. The van der Waals surface area contributed by atoms with Crippen molar-refractivity contribution in [2.45, 2.75) is 13.2 Å². The zero-order valence-corrected chi connectivity index (χ0v) is 5.50. The molecule has 0 aliphatic carbocycles. The molecule has 0 saturated heterocycles. The highest BCUT2D eigenvalue weighted by atomic mass is 16.6. The SMILES string of the molecule is C=C(C)[C@H](O)OCCO. The zero-order chi connectivity index (χ0) is 7.28. The second-order valence-electron chi connectivity index (χ2n) is 1.79. The lowest BCUT2D eigenvalue weighted by Gasteiger charge is -2.09. The number of hydrogen-bond donors (Lipinski definition) is 2. The van der Waals surface area contributed by atoms with Crippen LogP contribution in [-0.4, -0.2) is 29.7 Å². The molecule has 0 aromatic carbocycles. The van der Waals surface area contributed by atoms with Gasteiger partial charge < -0.3 is 14.9 Å². The topological polar surface area (TPSA) is 49.7 Å². The van der Waals surface area contributed by atoms with Gasteiger partial charge in [-0.3, -0.25) is 0 Å². The molecule has 0 radical (unpaired) electrons. The molecule has 3 heteroatoms. The van der Waals surface area contributed by atoms with E-state index in [9.17, 15) is 0 Å². The van der Waals surface area contributed by atoms with Crippen LogP contribution >= 0.6 is 0 Å². The highest BCUT2D eigenvalue weighted by Gasteiger charge is 2.01. The molecule has 54 valence electrons. The molecule has 0 rings (SSSR count). The molecule has 0 aliphatic heterocycles. The summed E-state index contributed by atoms with van der Waals surface area (Å²) >= 11 is 0. The Hall–Kier alpha value is -0.380. The molecule has 0 bridgehead atoms. The normalized spacial score (nSPS) is 13.2. The number of aliphatic hydroxyl groups excluding tert-OH is 2. The lowest BCUT2D eigenvalue weighted by molar-refractivity contribution is -0.0808. The van der Waals surface area contributed by atoms with Crippen LogP contribution in [0.5, 0.6) is 0 Å². The van der Waals surface area contributed by atoms with Crippen molar-refractivity contribution in [1.29, 1.82) is 0 Å². The Morgan fingerprint density at radius 3 is 2.67 bits per heavy atom. The van der Waals surface area contributed by atoms with Gasteiger partial charge in [0.2, 0.25) is 0 Å². The van der Waals surface area contributed by atoms with E-state index in [0.717, 1.165) is 0 Å². The van der Waals surface area contributed by atoms with Crippen molar-refractivity contribution >= 4 is 0 Å². The molecule has 0 aromatic rings. The second-order valence-corrected chi connectivity index (χ2v) is 1.79. The molecule has 0 aromatic heterocycles. The predicted octanol–water partition coefficient (Wildman–Crippen LogP) is -0.110. The smallest absolute Gasteiger partial charge is 0.176 e. The average molecular weight is 132 g/mol. The summed E-state index contributed by atoms with van der Waals surface area (Å²) in [6.07, 6.45) is -0.933. The molecular formula is C6H12O3. The van der Waals surface area contributed by atoms with Crippen LogP contribution in [0, 0.1) is 0 Å². The molecule has 9 heavy (non-hydrogen) atoms. The monoisotopic (exact) mass is 132 g/mol. The first-order valence-electron chi connectivity index (χ1n) is 2.74.